The fourth-order valence-electron chi connectivity index (χ4n) is 1.66. The first-order valence-electron chi connectivity index (χ1n) is 5.80. The Kier molecular flexibility index (Phi) is 4.12. The van der Waals surface area contributed by atoms with Gasteiger partial charge in [-0.2, -0.15) is 13.2 Å². The van der Waals surface area contributed by atoms with Gasteiger partial charge in [0.2, 0.25) is 5.88 Å². The van der Waals surface area contributed by atoms with Gasteiger partial charge in [0.25, 0.3) is 0 Å². The predicted molar refractivity (Wildman–Crippen MR) is 67.1 cm³/mol. The van der Waals surface area contributed by atoms with Gasteiger partial charge in [-0.1, -0.05) is 12.1 Å². The van der Waals surface area contributed by atoms with Crippen molar-refractivity contribution in [3.63, 3.8) is 0 Å². The van der Waals surface area contributed by atoms with Gasteiger partial charge in [0, 0.05) is 12.3 Å². The lowest BCUT2D eigenvalue weighted by molar-refractivity contribution is -0.127. The van der Waals surface area contributed by atoms with Crippen molar-refractivity contribution < 1.29 is 22.6 Å². The van der Waals surface area contributed by atoms with Crippen LogP contribution in [-0.4, -0.2) is 18.3 Å². The molecule has 0 radical (unpaired) electrons. The Balaban J connectivity index is 2.22. The molecule has 6 heteroatoms. The summed E-state index contributed by atoms with van der Waals surface area (Å²) in [7, 11) is 1.37. The fraction of sp³-hybridized carbons (Fsp3) is 0.214. The maximum absolute atomic E-state index is 12.3. The highest BCUT2D eigenvalue weighted by Gasteiger charge is 2.28. The molecule has 0 unspecified atom stereocenters. The molecule has 0 spiro atoms. The Morgan fingerprint density at radius 3 is 2.50 bits per heavy atom. The van der Waals surface area contributed by atoms with Crippen LogP contribution < -0.4 is 9.47 Å². The van der Waals surface area contributed by atoms with E-state index in [1.807, 2.05) is 0 Å². The van der Waals surface area contributed by atoms with E-state index in [4.69, 9.17) is 9.47 Å². The van der Waals surface area contributed by atoms with Gasteiger partial charge in [0.05, 0.1) is 13.5 Å². The fourth-order valence-corrected chi connectivity index (χ4v) is 1.66. The molecule has 106 valence electrons. The standard InChI is InChI=1S/C14H12F3NO2/c1-19-12-8-10(9-14(15,16)17)5-6-11(12)20-13-4-2-3-7-18-13/h2-8H,9H2,1H3. The largest absolute Gasteiger partial charge is 0.493 e. The van der Waals surface area contributed by atoms with E-state index in [2.05, 4.69) is 4.98 Å². The van der Waals surface area contributed by atoms with E-state index >= 15 is 0 Å². The number of hydrogen-bond donors (Lipinski definition) is 0. The molecule has 2 aromatic rings. The average Bonchev–Trinajstić information content (AvgIpc) is 2.40. The van der Waals surface area contributed by atoms with Crippen LogP contribution in [0.5, 0.6) is 17.4 Å². The molecule has 0 amide bonds. The molecule has 2 rings (SSSR count). The number of halogens is 3. The molecule has 0 aliphatic carbocycles. The monoisotopic (exact) mass is 283 g/mol. The number of methoxy groups -OCH3 is 1. The quantitative estimate of drug-likeness (QED) is 0.850. The summed E-state index contributed by atoms with van der Waals surface area (Å²) in [4.78, 5) is 3.97. The van der Waals surface area contributed by atoms with E-state index in [1.165, 1.54) is 25.3 Å². The lowest BCUT2D eigenvalue weighted by Gasteiger charge is -2.12. The van der Waals surface area contributed by atoms with Crippen molar-refractivity contribution in [1.29, 1.82) is 0 Å². The number of hydrogen-bond acceptors (Lipinski definition) is 3. The van der Waals surface area contributed by atoms with Crippen LogP contribution in [0.4, 0.5) is 13.2 Å². The van der Waals surface area contributed by atoms with E-state index in [0.29, 0.717) is 11.6 Å². The Morgan fingerprint density at radius 1 is 1.10 bits per heavy atom. The van der Waals surface area contributed by atoms with Gasteiger partial charge in [-0.15, -0.1) is 0 Å². The normalized spacial score (nSPS) is 11.2. The minimum absolute atomic E-state index is 0.114. The zero-order valence-corrected chi connectivity index (χ0v) is 10.6. The number of ether oxygens (including phenoxy) is 2. The van der Waals surface area contributed by atoms with Crippen molar-refractivity contribution >= 4 is 0 Å². The Bertz CT molecular complexity index is 570. The van der Waals surface area contributed by atoms with E-state index in [0.717, 1.165) is 0 Å². The second-order valence-electron chi connectivity index (χ2n) is 4.05. The summed E-state index contributed by atoms with van der Waals surface area (Å²) in [5, 5.41) is 0. The zero-order valence-electron chi connectivity index (χ0n) is 10.6. The Morgan fingerprint density at radius 2 is 1.90 bits per heavy atom. The third-order valence-corrected chi connectivity index (χ3v) is 2.48. The van der Waals surface area contributed by atoms with Crippen molar-refractivity contribution in [1.82, 2.24) is 4.98 Å². The number of benzene rings is 1. The SMILES string of the molecule is COc1cc(CC(F)(F)F)ccc1Oc1ccccn1. The molecule has 1 heterocycles. The van der Waals surface area contributed by atoms with Crippen LogP contribution in [0.25, 0.3) is 0 Å². The van der Waals surface area contributed by atoms with Crippen LogP contribution in [0.15, 0.2) is 42.6 Å². The number of aromatic nitrogens is 1. The van der Waals surface area contributed by atoms with E-state index < -0.39 is 12.6 Å². The molecule has 0 saturated carbocycles. The smallest absolute Gasteiger partial charge is 0.393 e. The molecule has 0 saturated heterocycles. The third-order valence-electron chi connectivity index (χ3n) is 2.48. The summed E-state index contributed by atoms with van der Waals surface area (Å²) < 4.78 is 47.5. The van der Waals surface area contributed by atoms with Gasteiger partial charge in [-0.05, 0) is 23.8 Å². The summed E-state index contributed by atoms with van der Waals surface area (Å²) in [5.41, 5.74) is 0.114. The molecular weight excluding hydrogens is 271 g/mol. The van der Waals surface area contributed by atoms with Gasteiger partial charge >= 0.3 is 6.18 Å². The second kappa shape index (κ2) is 5.81. The molecular formula is C14H12F3NO2. The summed E-state index contributed by atoms with van der Waals surface area (Å²) in [6.07, 6.45) is -3.71. The van der Waals surface area contributed by atoms with Crippen LogP contribution >= 0.6 is 0 Å². The van der Waals surface area contributed by atoms with Gasteiger partial charge in [0.1, 0.15) is 0 Å². The highest BCUT2D eigenvalue weighted by atomic mass is 19.4. The second-order valence-corrected chi connectivity index (χ2v) is 4.05. The number of nitrogens with zero attached hydrogens (tertiary/aromatic N) is 1. The van der Waals surface area contributed by atoms with Crippen molar-refractivity contribution in [3.8, 4) is 17.4 Å². The molecule has 0 aliphatic heterocycles. The average molecular weight is 283 g/mol. The molecule has 0 N–H and O–H groups in total. The maximum atomic E-state index is 12.3. The van der Waals surface area contributed by atoms with Crippen LogP contribution in [0, 0.1) is 0 Å². The number of rotatable bonds is 4. The minimum Gasteiger partial charge on any atom is -0.493 e. The first-order valence-corrected chi connectivity index (χ1v) is 5.80. The van der Waals surface area contributed by atoms with E-state index in [-0.39, 0.29) is 11.3 Å². The highest BCUT2D eigenvalue weighted by Crippen LogP contribution is 2.33. The van der Waals surface area contributed by atoms with Crippen molar-refractivity contribution in [2.45, 2.75) is 12.6 Å². The Labute approximate surface area is 114 Å². The summed E-state index contributed by atoms with van der Waals surface area (Å²) in [6, 6.07) is 9.22. The van der Waals surface area contributed by atoms with Crippen LogP contribution in [0.3, 0.4) is 0 Å². The number of pyridine rings is 1. The maximum Gasteiger partial charge on any atom is 0.393 e. The molecule has 0 atom stereocenters. The topological polar surface area (TPSA) is 31.4 Å². The summed E-state index contributed by atoms with van der Waals surface area (Å²) in [6.45, 7) is 0. The Hall–Kier alpha value is -2.24. The minimum atomic E-state index is -4.26. The highest BCUT2D eigenvalue weighted by molar-refractivity contribution is 5.44. The summed E-state index contributed by atoms with van der Waals surface area (Å²) in [5.74, 6) is 0.892. The van der Waals surface area contributed by atoms with Crippen LogP contribution in [0.2, 0.25) is 0 Å². The first-order chi connectivity index (χ1) is 9.48. The summed E-state index contributed by atoms with van der Waals surface area (Å²) >= 11 is 0. The van der Waals surface area contributed by atoms with Crippen LogP contribution in [-0.2, 0) is 6.42 Å². The molecule has 0 aliphatic rings. The lowest BCUT2D eigenvalue weighted by Crippen LogP contribution is -2.11. The molecule has 20 heavy (non-hydrogen) atoms. The lowest BCUT2D eigenvalue weighted by atomic mass is 10.1. The van der Waals surface area contributed by atoms with Gasteiger partial charge in [-0.25, -0.2) is 4.98 Å². The molecule has 1 aromatic carbocycles. The molecule has 0 bridgehead atoms. The predicted octanol–water partition coefficient (Wildman–Crippen LogP) is 3.99. The zero-order chi connectivity index (χ0) is 14.6. The van der Waals surface area contributed by atoms with Gasteiger partial charge < -0.3 is 9.47 Å². The number of alkyl halides is 3. The van der Waals surface area contributed by atoms with Crippen LogP contribution in [0.1, 0.15) is 5.56 Å². The van der Waals surface area contributed by atoms with Gasteiger partial charge in [-0.3, -0.25) is 0 Å². The van der Waals surface area contributed by atoms with Crippen molar-refractivity contribution in [3.05, 3.63) is 48.2 Å². The van der Waals surface area contributed by atoms with Gasteiger partial charge in [0.15, 0.2) is 11.5 Å². The molecule has 3 nitrogen and oxygen atoms in total. The molecule has 1 aromatic heterocycles. The van der Waals surface area contributed by atoms with E-state index in [1.54, 1.807) is 24.4 Å². The van der Waals surface area contributed by atoms with E-state index in [9.17, 15) is 13.2 Å². The molecule has 0 fully saturated rings. The third kappa shape index (κ3) is 3.88. The van der Waals surface area contributed by atoms with Crippen molar-refractivity contribution in [2.75, 3.05) is 7.11 Å². The first kappa shape index (κ1) is 14.2. The van der Waals surface area contributed by atoms with Crippen molar-refractivity contribution in [2.24, 2.45) is 0 Å².